The smallest absolute Gasteiger partial charge is 0.134 e. The van der Waals surface area contributed by atoms with E-state index >= 15 is 0 Å². The quantitative estimate of drug-likeness (QED) is 0.700. The lowest BCUT2D eigenvalue weighted by Crippen LogP contribution is -2.44. The van der Waals surface area contributed by atoms with Crippen LogP contribution >= 0.6 is 0 Å². The average Bonchev–Trinajstić information content (AvgIpc) is 2.06. The van der Waals surface area contributed by atoms with Crippen LogP contribution in [-0.4, -0.2) is 30.3 Å². The van der Waals surface area contributed by atoms with E-state index in [1.54, 1.807) is 0 Å². The highest BCUT2D eigenvalue weighted by atomic mass is 16.1. The Morgan fingerprint density at radius 2 is 2.00 bits per heavy atom. The molecule has 0 spiro atoms. The van der Waals surface area contributed by atoms with Crippen LogP contribution in [0.1, 0.15) is 47.0 Å². The van der Waals surface area contributed by atoms with Crippen molar-refractivity contribution in [3.05, 3.63) is 0 Å². The Hall–Kier alpha value is -0.370. The number of carbonyl (C=O) groups is 1. The van der Waals surface area contributed by atoms with E-state index in [0.717, 1.165) is 25.8 Å². The first-order valence-corrected chi connectivity index (χ1v) is 6.01. The van der Waals surface area contributed by atoms with Gasteiger partial charge in [0.25, 0.3) is 0 Å². The van der Waals surface area contributed by atoms with E-state index in [1.165, 1.54) is 0 Å². The van der Waals surface area contributed by atoms with Gasteiger partial charge in [-0.25, -0.2) is 0 Å². The maximum Gasteiger partial charge on any atom is 0.134 e. The van der Waals surface area contributed by atoms with Crippen molar-refractivity contribution in [2.24, 2.45) is 11.3 Å². The average molecular weight is 211 g/mol. The van der Waals surface area contributed by atoms with E-state index < -0.39 is 0 Å². The second-order valence-electron chi connectivity index (χ2n) is 6.30. The zero-order chi connectivity index (χ0) is 11.6. The van der Waals surface area contributed by atoms with Crippen molar-refractivity contribution in [1.29, 1.82) is 0 Å². The Bertz CT molecular complexity index is 229. The molecule has 88 valence electrons. The molecule has 0 saturated heterocycles. The Morgan fingerprint density at radius 1 is 1.40 bits per heavy atom. The molecule has 1 aliphatic rings. The van der Waals surface area contributed by atoms with Gasteiger partial charge in [-0.05, 0) is 24.8 Å². The molecule has 0 N–H and O–H groups in total. The third-order valence-electron chi connectivity index (χ3n) is 3.26. The van der Waals surface area contributed by atoms with Gasteiger partial charge in [0, 0.05) is 25.4 Å². The van der Waals surface area contributed by atoms with E-state index in [0.29, 0.717) is 23.2 Å². The predicted octanol–water partition coefficient (Wildman–Crippen LogP) is 2.72. The normalized spacial score (nSPS) is 28.5. The highest BCUT2D eigenvalue weighted by Gasteiger charge is 2.30. The first kappa shape index (κ1) is 12.7. The largest absolute Gasteiger partial charge is 0.302 e. The number of carbonyl (C=O) groups excluding carboxylic acids is 1. The Labute approximate surface area is 94.0 Å². The summed E-state index contributed by atoms with van der Waals surface area (Å²) >= 11 is 0. The van der Waals surface area contributed by atoms with Crippen LogP contribution in [0, 0.1) is 11.3 Å². The molecule has 0 aromatic heterocycles. The number of ketones is 1. The summed E-state index contributed by atoms with van der Waals surface area (Å²) in [6, 6.07) is 0.463. The highest BCUT2D eigenvalue weighted by molar-refractivity contribution is 5.79. The summed E-state index contributed by atoms with van der Waals surface area (Å²) in [5.74, 6) is 1.11. The fourth-order valence-corrected chi connectivity index (χ4v) is 2.57. The van der Waals surface area contributed by atoms with Crippen LogP contribution in [0.25, 0.3) is 0 Å². The summed E-state index contributed by atoms with van der Waals surface area (Å²) in [6.45, 7) is 10.1. The molecule has 2 atom stereocenters. The van der Waals surface area contributed by atoms with E-state index in [4.69, 9.17) is 0 Å². The summed E-state index contributed by atoms with van der Waals surface area (Å²) < 4.78 is 0. The van der Waals surface area contributed by atoms with Crippen LogP contribution < -0.4 is 0 Å². The summed E-state index contributed by atoms with van der Waals surface area (Å²) in [6.07, 6.45) is 2.62. The van der Waals surface area contributed by atoms with Crippen LogP contribution in [0.4, 0.5) is 0 Å². The highest BCUT2D eigenvalue weighted by Crippen LogP contribution is 2.27. The predicted molar refractivity (Wildman–Crippen MR) is 63.9 cm³/mol. The van der Waals surface area contributed by atoms with Crippen molar-refractivity contribution < 1.29 is 4.79 Å². The van der Waals surface area contributed by atoms with Crippen molar-refractivity contribution in [2.75, 3.05) is 13.6 Å². The van der Waals surface area contributed by atoms with E-state index in [-0.39, 0.29) is 0 Å². The molecule has 0 aliphatic heterocycles. The first-order chi connectivity index (χ1) is 6.79. The van der Waals surface area contributed by atoms with Crippen molar-refractivity contribution in [3.8, 4) is 0 Å². The van der Waals surface area contributed by atoms with Crippen molar-refractivity contribution in [1.82, 2.24) is 4.90 Å². The van der Waals surface area contributed by atoms with Crippen molar-refractivity contribution in [3.63, 3.8) is 0 Å². The molecule has 0 bridgehead atoms. The molecule has 0 radical (unpaired) electrons. The SMILES string of the molecule is CC1CCC(=O)CC1N(C)CC(C)(C)C. The topological polar surface area (TPSA) is 20.3 Å². The molecule has 0 aromatic carbocycles. The molecule has 15 heavy (non-hydrogen) atoms. The molecular weight excluding hydrogens is 186 g/mol. The second kappa shape index (κ2) is 4.65. The van der Waals surface area contributed by atoms with Gasteiger partial charge in [-0.2, -0.15) is 0 Å². The van der Waals surface area contributed by atoms with Gasteiger partial charge in [-0.1, -0.05) is 27.7 Å². The lowest BCUT2D eigenvalue weighted by atomic mass is 9.83. The molecule has 0 amide bonds. The second-order valence-corrected chi connectivity index (χ2v) is 6.30. The fourth-order valence-electron chi connectivity index (χ4n) is 2.57. The van der Waals surface area contributed by atoms with Crippen LogP contribution in [0.15, 0.2) is 0 Å². The van der Waals surface area contributed by atoms with Crippen molar-refractivity contribution in [2.45, 2.75) is 53.0 Å². The number of rotatable bonds is 2. The van der Waals surface area contributed by atoms with Crippen LogP contribution in [-0.2, 0) is 4.79 Å². The molecule has 0 heterocycles. The van der Waals surface area contributed by atoms with Crippen LogP contribution in [0.3, 0.4) is 0 Å². The van der Waals surface area contributed by atoms with Gasteiger partial charge in [0.05, 0.1) is 0 Å². The summed E-state index contributed by atoms with van der Waals surface area (Å²) in [7, 11) is 2.16. The maximum absolute atomic E-state index is 11.5. The lowest BCUT2D eigenvalue weighted by molar-refractivity contribution is -0.123. The molecule has 0 aromatic rings. The maximum atomic E-state index is 11.5. The molecule has 1 aliphatic carbocycles. The van der Waals surface area contributed by atoms with E-state index in [1.807, 2.05) is 0 Å². The molecular formula is C13H25NO. The number of nitrogens with zero attached hydrogens (tertiary/aromatic N) is 1. The molecule has 2 heteroatoms. The summed E-state index contributed by atoms with van der Waals surface area (Å²) in [5.41, 5.74) is 0.314. The minimum atomic E-state index is 0.314. The van der Waals surface area contributed by atoms with Crippen molar-refractivity contribution >= 4 is 5.78 Å². The number of hydrogen-bond donors (Lipinski definition) is 0. The van der Waals surface area contributed by atoms with Crippen LogP contribution in [0.5, 0.6) is 0 Å². The van der Waals surface area contributed by atoms with E-state index in [9.17, 15) is 4.79 Å². The number of Topliss-reactive ketones (excluding diaryl/α,β-unsaturated/α-hetero) is 1. The minimum Gasteiger partial charge on any atom is -0.302 e. The molecule has 1 fully saturated rings. The van der Waals surface area contributed by atoms with Gasteiger partial charge in [-0.3, -0.25) is 4.79 Å². The van der Waals surface area contributed by atoms with Gasteiger partial charge in [-0.15, -0.1) is 0 Å². The Balaban J connectivity index is 2.57. The Kier molecular flexibility index (Phi) is 3.93. The molecule has 1 saturated carbocycles. The third-order valence-corrected chi connectivity index (χ3v) is 3.26. The van der Waals surface area contributed by atoms with Gasteiger partial charge in [0.15, 0.2) is 0 Å². The van der Waals surface area contributed by atoms with Gasteiger partial charge in [0.1, 0.15) is 5.78 Å². The zero-order valence-corrected chi connectivity index (χ0v) is 10.8. The van der Waals surface area contributed by atoms with Crippen LogP contribution in [0.2, 0.25) is 0 Å². The summed E-state index contributed by atoms with van der Waals surface area (Å²) in [4.78, 5) is 13.8. The third kappa shape index (κ3) is 3.94. The van der Waals surface area contributed by atoms with E-state index in [2.05, 4.69) is 39.6 Å². The summed E-state index contributed by atoms with van der Waals surface area (Å²) in [5, 5.41) is 0. The van der Waals surface area contributed by atoms with Gasteiger partial charge < -0.3 is 4.90 Å². The molecule has 2 nitrogen and oxygen atoms in total. The lowest BCUT2D eigenvalue weighted by Gasteiger charge is -2.38. The minimum absolute atomic E-state index is 0.314. The fraction of sp³-hybridized carbons (Fsp3) is 0.923. The first-order valence-electron chi connectivity index (χ1n) is 6.01. The van der Waals surface area contributed by atoms with Gasteiger partial charge in [0.2, 0.25) is 0 Å². The molecule has 1 rings (SSSR count). The standard InChI is InChI=1S/C13H25NO/c1-10-6-7-11(15)8-12(10)14(5)9-13(2,3)4/h10,12H,6-9H2,1-5H3. The van der Waals surface area contributed by atoms with Gasteiger partial charge >= 0.3 is 0 Å². The monoisotopic (exact) mass is 211 g/mol. The molecule has 2 unspecified atom stereocenters. The Morgan fingerprint density at radius 3 is 2.53 bits per heavy atom. The zero-order valence-electron chi connectivity index (χ0n) is 10.8. The number of hydrogen-bond acceptors (Lipinski definition) is 2.